The summed E-state index contributed by atoms with van der Waals surface area (Å²) in [7, 11) is 1.10. The Labute approximate surface area is 139 Å². The maximum Gasteiger partial charge on any atom is 0.335 e. The van der Waals surface area contributed by atoms with Gasteiger partial charge in [-0.3, -0.25) is 14.4 Å². The molecule has 1 aliphatic heterocycles. The van der Waals surface area contributed by atoms with Crippen LogP contribution >= 0.6 is 15.9 Å². The standard InChI is InChI=1S/C13H17BrO9/c1-22-13(21)11-6(3-9(17)18)5(2-8(15)16)7(4-10(19)20)12(14)23-11/h5-7,11-12H,2-4H2,1H3,(H,15,16)(H,17,18)(H,19,20)/t5-,6-,7+,11-,12?/m0/s1. The van der Waals surface area contributed by atoms with E-state index in [0.717, 1.165) is 7.11 Å². The average molecular weight is 397 g/mol. The zero-order valence-electron chi connectivity index (χ0n) is 12.2. The first-order valence-corrected chi connectivity index (χ1v) is 7.61. The van der Waals surface area contributed by atoms with Crippen LogP contribution in [0.25, 0.3) is 0 Å². The first-order chi connectivity index (χ1) is 10.7. The van der Waals surface area contributed by atoms with Gasteiger partial charge in [-0.1, -0.05) is 15.9 Å². The molecule has 1 unspecified atom stereocenters. The van der Waals surface area contributed by atoms with Crippen molar-refractivity contribution in [3.63, 3.8) is 0 Å². The number of rotatable bonds is 7. The van der Waals surface area contributed by atoms with Gasteiger partial charge in [0.1, 0.15) is 5.01 Å². The molecule has 0 spiro atoms. The summed E-state index contributed by atoms with van der Waals surface area (Å²) in [6.07, 6.45) is -2.71. The van der Waals surface area contributed by atoms with E-state index in [4.69, 9.17) is 20.1 Å². The molecule has 0 aliphatic carbocycles. The van der Waals surface area contributed by atoms with Crippen LogP contribution in [0.5, 0.6) is 0 Å². The van der Waals surface area contributed by atoms with Crippen LogP contribution < -0.4 is 0 Å². The molecule has 0 aromatic heterocycles. The summed E-state index contributed by atoms with van der Waals surface area (Å²) in [4.78, 5) is 45.1. The summed E-state index contributed by atoms with van der Waals surface area (Å²) < 4.78 is 9.98. The van der Waals surface area contributed by atoms with Gasteiger partial charge in [-0.05, 0) is 5.92 Å². The molecule has 0 bridgehead atoms. The highest BCUT2D eigenvalue weighted by atomic mass is 79.9. The summed E-state index contributed by atoms with van der Waals surface area (Å²) in [5.74, 6) is -7.14. The molecule has 0 aromatic rings. The molecule has 10 heteroatoms. The molecule has 1 heterocycles. The second kappa shape index (κ2) is 8.25. The van der Waals surface area contributed by atoms with Crippen molar-refractivity contribution in [1.29, 1.82) is 0 Å². The second-order valence-electron chi connectivity index (χ2n) is 5.22. The molecule has 0 aromatic carbocycles. The van der Waals surface area contributed by atoms with Crippen LogP contribution in [0, 0.1) is 17.8 Å². The van der Waals surface area contributed by atoms with Crippen LogP contribution in [0.3, 0.4) is 0 Å². The van der Waals surface area contributed by atoms with E-state index >= 15 is 0 Å². The van der Waals surface area contributed by atoms with Crippen molar-refractivity contribution in [2.45, 2.75) is 30.4 Å². The average Bonchev–Trinajstić information content (AvgIpc) is 2.43. The Balaban J connectivity index is 3.21. The van der Waals surface area contributed by atoms with Crippen molar-refractivity contribution in [2.75, 3.05) is 7.11 Å². The Hall–Kier alpha value is -1.68. The molecule has 23 heavy (non-hydrogen) atoms. The predicted octanol–water partition coefficient (Wildman–Crippen LogP) is 0.552. The van der Waals surface area contributed by atoms with E-state index in [0.29, 0.717) is 0 Å². The Morgan fingerprint density at radius 1 is 0.913 bits per heavy atom. The number of esters is 1. The minimum Gasteiger partial charge on any atom is -0.481 e. The molecular weight excluding hydrogens is 380 g/mol. The van der Waals surface area contributed by atoms with Gasteiger partial charge in [0.15, 0.2) is 6.10 Å². The van der Waals surface area contributed by atoms with E-state index in [2.05, 4.69) is 20.7 Å². The molecule has 1 fully saturated rings. The van der Waals surface area contributed by atoms with Crippen LogP contribution in [0.1, 0.15) is 19.3 Å². The number of carbonyl (C=O) groups is 4. The second-order valence-corrected chi connectivity index (χ2v) is 6.12. The number of carbonyl (C=O) groups excluding carboxylic acids is 1. The van der Waals surface area contributed by atoms with Gasteiger partial charge in [-0.25, -0.2) is 4.79 Å². The summed E-state index contributed by atoms with van der Waals surface area (Å²) in [5, 5.41) is 26.2. The number of ether oxygens (including phenoxy) is 2. The van der Waals surface area contributed by atoms with Gasteiger partial charge in [0, 0.05) is 18.3 Å². The highest BCUT2D eigenvalue weighted by Gasteiger charge is 2.49. The van der Waals surface area contributed by atoms with E-state index in [1.165, 1.54) is 0 Å². The number of aliphatic carboxylic acids is 3. The first-order valence-electron chi connectivity index (χ1n) is 6.70. The fourth-order valence-corrected chi connectivity index (χ4v) is 3.65. The van der Waals surface area contributed by atoms with Crippen molar-refractivity contribution in [2.24, 2.45) is 17.8 Å². The van der Waals surface area contributed by atoms with Crippen LogP contribution in [0.15, 0.2) is 0 Å². The maximum atomic E-state index is 11.8. The van der Waals surface area contributed by atoms with Gasteiger partial charge in [-0.2, -0.15) is 0 Å². The van der Waals surface area contributed by atoms with Gasteiger partial charge in [0.05, 0.1) is 20.0 Å². The molecule has 0 amide bonds. The molecule has 0 radical (unpaired) electrons. The summed E-state index contributed by atoms with van der Waals surface area (Å²) in [6, 6.07) is 0. The highest BCUT2D eigenvalue weighted by Crippen LogP contribution is 2.43. The summed E-state index contributed by atoms with van der Waals surface area (Å²) in [6.45, 7) is 0. The van der Waals surface area contributed by atoms with Crippen molar-refractivity contribution in [1.82, 2.24) is 0 Å². The smallest absolute Gasteiger partial charge is 0.335 e. The Morgan fingerprint density at radius 2 is 1.35 bits per heavy atom. The normalized spacial score (nSPS) is 30.4. The minimum absolute atomic E-state index is 0.419. The van der Waals surface area contributed by atoms with Crippen LogP contribution in [0.2, 0.25) is 0 Å². The van der Waals surface area contributed by atoms with Crippen molar-refractivity contribution in [3.8, 4) is 0 Å². The summed E-state index contributed by atoms with van der Waals surface area (Å²) in [5.41, 5.74) is 0. The molecule has 130 valence electrons. The van der Waals surface area contributed by atoms with Crippen LogP contribution in [-0.2, 0) is 28.7 Å². The number of hydrogen-bond acceptors (Lipinski definition) is 6. The molecule has 1 rings (SSSR count). The van der Waals surface area contributed by atoms with Gasteiger partial charge >= 0.3 is 23.9 Å². The maximum absolute atomic E-state index is 11.8. The Kier molecular flexibility index (Phi) is 6.95. The fourth-order valence-electron chi connectivity index (χ4n) is 2.83. The molecular formula is C13H17BrO9. The van der Waals surface area contributed by atoms with Gasteiger partial charge < -0.3 is 24.8 Å². The fraction of sp³-hybridized carbons (Fsp3) is 0.692. The van der Waals surface area contributed by atoms with Crippen LogP contribution in [0.4, 0.5) is 0 Å². The predicted molar refractivity (Wildman–Crippen MR) is 76.8 cm³/mol. The number of halogens is 1. The van der Waals surface area contributed by atoms with E-state index in [9.17, 15) is 19.2 Å². The van der Waals surface area contributed by atoms with E-state index < -0.39 is 72.0 Å². The number of methoxy groups -OCH3 is 1. The number of hydrogen-bond donors (Lipinski definition) is 3. The summed E-state index contributed by atoms with van der Waals surface area (Å²) >= 11 is 3.11. The van der Waals surface area contributed by atoms with Crippen molar-refractivity contribution >= 4 is 39.8 Å². The number of alkyl halides is 1. The van der Waals surface area contributed by atoms with Gasteiger partial charge in [0.2, 0.25) is 0 Å². The molecule has 5 atom stereocenters. The lowest BCUT2D eigenvalue weighted by Gasteiger charge is -2.43. The number of carboxylic acid groups (broad SMARTS) is 3. The molecule has 9 nitrogen and oxygen atoms in total. The van der Waals surface area contributed by atoms with Crippen molar-refractivity contribution in [3.05, 3.63) is 0 Å². The number of carboxylic acids is 3. The van der Waals surface area contributed by atoms with E-state index in [1.807, 2.05) is 0 Å². The quantitative estimate of drug-likeness (QED) is 0.414. The zero-order valence-corrected chi connectivity index (χ0v) is 13.8. The third-order valence-corrected chi connectivity index (χ3v) is 4.66. The third kappa shape index (κ3) is 5.17. The Bertz CT molecular complexity index is 492. The van der Waals surface area contributed by atoms with E-state index in [1.54, 1.807) is 0 Å². The molecule has 3 N–H and O–H groups in total. The van der Waals surface area contributed by atoms with Gasteiger partial charge in [-0.15, -0.1) is 0 Å². The Morgan fingerprint density at radius 3 is 1.78 bits per heavy atom. The zero-order chi connectivity index (χ0) is 17.7. The van der Waals surface area contributed by atoms with Crippen molar-refractivity contribution < 1.29 is 44.0 Å². The molecule has 0 saturated carbocycles. The molecule has 1 saturated heterocycles. The van der Waals surface area contributed by atoms with E-state index in [-0.39, 0.29) is 0 Å². The first kappa shape index (κ1) is 19.4. The lowest BCUT2D eigenvalue weighted by molar-refractivity contribution is -0.181. The molecule has 1 aliphatic rings. The highest BCUT2D eigenvalue weighted by molar-refractivity contribution is 9.09. The third-order valence-electron chi connectivity index (χ3n) is 3.77. The lowest BCUT2D eigenvalue weighted by Crippen LogP contribution is -2.51. The van der Waals surface area contributed by atoms with Gasteiger partial charge in [0.25, 0.3) is 0 Å². The monoisotopic (exact) mass is 396 g/mol. The van der Waals surface area contributed by atoms with Crippen LogP contribution in [-0.4, -0.2) is 57.4 Å². The SMILES string of the molecule is COC(=O)[C@H]1OC(Br)[C@H](CC(=O)O)[C@@H](CC(=O)O)[C@@H]1CC(=O)O. The lowest BCUT2D eigenvalue weighted by atomic mass is 9.72. The largest absolute Gasteiger partial charge is 0.481 e. The topological polar surface area (TPSA) is 147 Å². The minimum atomic E-state index is -1.28.